The monoisotopic (exact) mass is 729 g/mol. The van der Waals surface area contributed by atoms with Crippen molar-refractivity contribution in [3.63, 3.8) is 0 Å². The lowest BCUT2D eigenvalue weighted by molar-refractivity contribution is -0.320. The van der Waals surface area contributed by atoms with Crippen LogP contribution in [0.3, 0.4) is 0 Å². The molecule has 3 rings (SSSR count). The third kappa shape index (κ3) is 9.78. The first-order valence-electron chi connectivity index (χ1n) is 14.4. The lowest BCUT2D eigenvalue weighted by atomic mass is 9.80. The molecule has 10 N–H and O–H groups in total. The average molecular weight is 730 g/mol. The van der Waals surface area contributed by atoms with Gasteiger partial charge in [-0.15, -0.1) is 0 Å². The number of rotatable bonds is 17. The van der Waals surface area contributed by atoms with E-state index in [9.17, 15) is 64.4 Å². The maximum Gasteiger partial charge on any atom is 0.364 e. The molecule has 21 nitrogen and oxygen atoms in total. The molecule has 0 bridgehead atoms. The third-order valence-corrected chi connectivity index (χ3v) is 8.89. The number of thiol groups is 1. The number of hydrogen-bond donors (Lipinski definition) is 10. The highest BCUT2D eigenvalue weighted by atomic mass is 32.1. The number of nitrogens with zero attached hydrogens (tertiary/aromatic N) is 2. The number of hydrogen-bond acceptors (Lipinski definition) is 19. The Kier molecular flexibility index (Phi) is 14.0. The number of carboxylic acids is 1. The van der Waals surface area contributed by atoms with Gasteiger partial charge in [-0.05, 0) is 18.2 Å². The molecule has 2 aliphatic rings. The van der Waals surface area contributed by atoms with E-state index in [-0.39, 0.29) is 12.2 Å². The standard InChI is InChI=1S/C25H39N4O17PS/c26-16-3-4-29(24(40)28-16)22-20(37)19(36)15(44-22)10-43-47(41,42)46-25(23(38)39)7-13(32)12(21(45-25)18(35)14(33)9-30)6-11(31)8-27-17(34)2-1-5-48/h3-4,12-15,18-22,30,32-33,35-37,48H,1-2,5-10H2,(H,27,34)(H,38,39)(H,41,42)(H2,26,28,40)/p-1/t12-,13-,14-,15-,18-,19+,20?,21?,22-,25-/m1/s1. The Morgan fingerprint density at radius 2 is 1.96 bits per heavy atom. The van der Waals surface area contributed by atoms with Gasteiger partial charge in [-0.2, -0.15) is 17.6 Å². The molecule has 1 amide bonds. The number of nitrogens with two attached hydrogens (primary N) is 1. The molecule has 1 aromatic heterocycles. The molecule has 1 aromatic rings. The molecule has 0 aromatic carbocycles. The highest BCUT2D eigenvalue weighted by Crippen LogP contribution is 2.49. The van der Waals surface area contributed by atoms with Crippen molar-refractivity contribution in [2.45, 2.75) is 80.4 Å². The molecule has 2 aliphatic heterocycles. The van der Waals surface area contributed by atoms with E-state index in [2.05, 4.69) is 22.9 Å². The Morgan fingerprint density at radius 3 is 2.56 bits per heavy atom. The molecule has 272 valence electrons. The van der Waals surface area contributed by atoms with Crippen molar-refractivity contribution < 1.29 is 78.1 Å². The Labute approximate surface area is 277 Å². The first-order chi connectivity index (χ1) is 22.4. The van der Waals surface area contributed by atoms with E-state index >= 15 is 0 Å². The minimum atomic E-state index is -5.83. The number of carbonyl (C=O) groups is 3. The van der Waals surface area contributed by atoms with Gasteiger partial charge in [0.25, 0.3) is 13.6 Å². The van der Waals surface area contributed by atoms with Crippen LogP contribution in [-0.4, -0.2) is 137 Å². The molecule has 0 radical (unpaired) electrons. The molecule has 0 aliphatic carbocycles. The van der Waals surface area contributed by atoms with Crippen molar-refractivity contribution in [3.8, 4) is 0 Å². The van der Waals surface area contributed by atoms with Crippen LogP contribution >= 0.6 is 20.5 Å². The van der Waals surface area contributed by atoms with Gasteiger partial charge in [-0.25, -0.2) is 9.59 Å². The normalized spacial score (nSPS) is 31.5. The molecule has 2 fully saturated rings. The van der Waals surface area contributed by atoms with E-state index in [1.807, 2.05) is 0 Å². The molecule has 11 atom stereocenters. The highest BCUT2D eigenvalue weighted by molar-refractivity contribution is 7.80. The van der Waals surface area contributed by atoms with Crippen LogP contribution in [0.5, 0.6) is 0 Å². The largest absolute Gasteiger partial charge is 0.756 e. The number of aliphatic hydroxyl groups is 6. The quantitative estimate of drug-likeness (QED) is 0.0530. The SMILES string of the molecule is Nc1ccn([C@@H]2O[C@H](COP(=O)([O-])O[C@@]3(C(=O)O)C[C@@H](O)[C@@H](CC(=O)CNC(=O)CCCS)C([C@H](O)[C@H](O)CO)O3)[C@H](O)C2O)c(=O)n1. The summed E-state index contributed by atoms with van der Waals surface area (Å²) in [6.45, 7) is -2.73. The van der Waals surface area contributed by atoms with E-state index < -0.39 is 124 Å². The second kappa shape index (κ2) is 16.9. The number of anilines is 1. The van der Waals surface area contributed by atoms with Crippen LogP contribution in [0.1, 0.15) is 31.9 Å². The van der Waals surface area contributed by atoms with Crippen LogP contribution in [0, 0.1) is 5.92 Å². The number of nitrogen functional groups attached to an aromatic ring is 1. The number of phosphoric acid groups is 1. The summed E-state index contributed by atoms with van der Waals surface area (Å²) in [7, 11) is -5.83. The molecule has 3 heterocycles. The van der Waals surface area contributed by atoms with Crippen molar-refractivity contribution in [1.29, 1.82) is 0 Å². The maximum atomic E-state index is 12.9. The average Bonchev–Trinajstić information content (AvgIpc) is 3.30. The van der Waals surface area contributed by atoms with Gasteiger partial charge < -0.3 is 65.7 Å². The molecular weight excluding hydrogens is 691 g/mol. The fourth-order valence-electron chi connectivity index (χ4n) is 5.09. The predicted octanol–water partition coefficient (Wildman–Crippen LogP) is -5.01. The lowest BCUT2D eigenvalue weighted by Crippen LogP contribution is -2.62. The van der Waals surface area contributed by atoms with Crippen LogP contribution in [0.4, 0.5) is 5.82 Å². The Bertz CT molecular complexity index is 1400. The van der Waals surface area contributed by atoms with Crippen LogP contribution < -0.4 is 21.6 Å². The van der Waals surface area contributed by atoms with Crippen LogP contribution in [0.25, 0.3) is 0 Å². The van der Waals surface area contributed by atoms with Crippen molar-refractivity contribution in [3.05, 3.63) is 22.7 Å². The molecule has 3 unspecified atom stereocenters. The number of aliphatic hydroxyl groups excluding tert-OH is 6. The van der Waals surface area contributed by atoms with Crippen LogP contribution in [-0.2, 0) is 37.5 Å². The first-order valence-corrected chi connectivity index (χ1v) is 16.5. The minimum Gasteiger partial charge on any atom is -0.756 e. The summed E-state index contributed by atoms with van der Waals surface area (Å²) in [6.07, 6.45) is -15.3. The number of ketones is 1. The number of phosphoric ester groups is 1. The Balaban J connectivity index is 1.76. The molecule has 23 heteroatoms. The maximum absolute atomic E-state index is 12.9. The number of aromatic nitrogens is 2. The Morgan fingerprint density at radius 1 is 1.27 bits per heavy atom. The van der Waals surface area contributed by atoms with E-state index in [1.165, 1.54) is 6.07 Å². The number of carbonyl (C=O) groups excluding carboxylic acids is 2. The predicted molar refractivity (Wildman–Crippen MR) is 158 cm³/mol. The minimum absolute atomic E-state index is 0.0683. The summed E-state index contributed by atoms with van der Waals surface area (Å²) in [6, 6.07) is 1.19. The number of nitrogens with one attached hydrogen (secondary N) is 1. The Hall–Kier alpha value is -2.57. The molecular formula is C25H38N4O17PS-. The van der Waals surface area contributed by atoms with E-state index in [4.69, 9.17) is 24.3 Å². The number of carboxylic acid groups (broad SMARTS) is 1. The third-order valence-electron chi connectivity index (χ3n) is 7.59. The van der Waals surface area contributed by atoms with Gasteiger partial charge in [0.2, 0.25) is 5.91 Å². The van der Waals surface area contributed by atoms with E-state index in [0.29, 0.717) is 12.2 Å². The van der Waals surface area contributed by atoms with Gasteiger partial charge in [0.1, 0.15) is 36.3 Å². The van der Waals surface area contributed by atoms with Crippen molar-refractivity contribution in [1.82, 2.24) is 14.9 Å². The number of amides is 1. The summed E-state index contributed by atoms with van der Waals surface area (Å²) in [5, 5.41) is 74.1. The number of Topliss-reactive ketones (excluding diaryl/α,β-unsaturated/α-hetero) is 1. The zero-order chi connectivity index (χ0) is 36.0. The summed E-state index contributed by atoms with van der Waals surface area (Å²) in [5.41, 5.74) is 4.45. The van der Waals surface area contributed by atoms with Crippen LogP contribution in [0.15, 0.2) is 17.1 Å². The molecule has 0 saturated carbocycles. The van der Waals surface area contributed by atoms with Gasteiger partial charge >= 0.3 is 11.7 Å². The van der Waals surface area contributed by atoms with Crippen LogP contribution in [0.2, 0.25) is 0 Å². The molecule has 2 saturated heterocycles. The first kappa shape index (κ1) is 39.9. The zero-order valence-corrected chi connectivity index (χ0v) is 26.9. The summed E-state index contributed by atoms with van der Waals surface area (Å²) >= 11 is 3.98. The lowest BCUT2D eigenvalue weighted by Gasteiger charge is -2.47. The van der Waals surface area contributed by atoms with Gasteiger partial charge in [-0.3, -0.25) is 23.2 Å². The van der Waals surface area contributed by atoms with Gasteiger partial charge in [0.05, 0.1) is 32.0 Å². The second-order valence-electron chi connectivity index (χ2n) is 11.1. The zero-order valence-electron chi connectivity index (χ0n) is 25.1. The van der Waals surface area contributed by atoms with Gasteiger partial charge in [0, 0.05) is 31.4 Å². The summed E-state index contributed by atoms with van der Waals surface area (Å²) < 4.78 is 33.8. The van der Waals surface area contributed by atoms with E-state index in [1.54, 1.807) is 0 Å². The number of aliphatic carboxylic acids is 1. The highest BCUT2D eigenvalue weighted by Gasteiger charge is 2.57. The topological polar surface area (TPSA) is 343 Å². The second-order valence-corrected chi connectivity index (χ2v) is 12.9. The number of ether oxygens (including phenoxy) is 2. The smallest absolute Gasteiger partial charge is 0.364 e. The summed E-state index contributed by atoms with van der Waals surface area (Å²) in [4.78, 5) is 65.4. The van der Waals surface area contributed by atoms with Gasteiger partial charge in [0.15, 0.2) is 12.0 Å². The summed E-state index contributed by atoms with van der Waals surface area (Å²) in [5.74, 6) is -7.91. The van der Waals surface area contributed by atoms with E-state index in [0.717, 1.165) is 10.8 Å². The van der Waals surface area contributed by atoms with Crippen molar-refractivity contribution in [2.24, 2.45) is 5.92 Å². The fourth-order valence-corrected chi connectivity index (χ4v) is 6.18. The fraction of sp³-hybridized carbons (Fsp3) is 0.720. The van der Waals surface area contributed by atoms with Crippen molar-refractivity contribution in [2.75, 3.05) is 31.2 Å². The molecule has 0 spiro atoms. The van der Waals surface area contributed by atoms with Gasteiger partial charge in [-0.1, -0.05) is 0 Å². The van der Waals surface area contributed by atoms with Crippen molar-refractivity contribution >= 4 is 43.9 Å². The molecule has 48 heavy (non-hydrogen) atoms.